The molecular formula is C11H18N4O2S. The molecule has 0 radical (unpaired) electrons. The zero-order valence-corrected chi connectivity index (χ0v) is 11.4. The quantitative estimate of drug-likeness (QED) is 0.828. The van der Waals surface area contributed by atoms with E-state index in [0.29, 0.717) is 19.6 Å². The molecule has 2 rings (SSSR count). The molecule has 1 atom stereocenters. The number of pyridine rings is 1. The number of aromatic nitrogens is 1. The Morgan fingerprint density at radius 3 is 2.89 bits per heavy atom. The van der Waals surface area contributed by atoms with E-state index in [1.807, 2.05) is 12.1 Å². The lowest BCUT2D eigenvalue weighted by atomic mass is 10.1. The number of rotatable bonds is 3. The molecule has 1 saturated heterocycles. The van der Waals surface area contributed by atoms with Crippen LogP contribution in [0.3, 0.4) is 0 Å². The minimum absolute atomic E-state index is 0.195. The molecule has 1 aromatic rings. The first-order valence-electron chi connectivity index (χ1n) is 5.83. The average molecular weight is 270 g/mol. The van der Waals surface area contributed by atoms with Crippen LogP contribution in [0.2, 0.25) is 0 Å². The first-order chi connectivity index (χ1) is 8.53. The lowest BCUT2D eigenvalue weighted by Gasteiger charge is -2.36. The maximum Gasteiger partial charge on any atom is 0.282 e. The number of hydrogen-bond donors (Lipinski definition) is 1. The molecule has 0 saturated carbocycles. The minimum Gasteiger partial charge on any atom is -0.313 e. The Morgan fingerprint density at radius 2 is 2.28 bits per heavy atom. The molecule has 1 aliphatic heterocycles. The maximum absolute atomic E-state index is 12.3. The van der Waals surface area contributed by atoms with Gasteiger partial charge >= 0.3 is 0 Å². The highest BCUT2D eigenvalue weighted by atomic mass is 32.2. The smallest absolute Gasteiger partial charge is 0.282 e. The lowest BCUT2D eigenvalue weighted by Crippen LogP contribution is -2.51. The molecule has 1 unspecified atom stereocenters. The monoisotopic (exact) mass is 270 g/mol. The number of hydrogen-bond acceptors (Lipinski definition) is 4. The summed E-state index contributed by atoms with van der Waals surface area (Å²) in [6.45, 7) is 1.75. The summed E-state index contributed by atoms with van der Waals surface area (Å²) in [6.07, 6.45) is 3.40. The Morgan fingerprint density at radius 1 is 1.50 bits per heavy atom. The second-order valence-corrected chi connectivity index (χ2v) is 6.50. The van der Waals surface area contributed by atoms with Crippen molar-refractivity contribution in [2.45, 2.75) is 6.04 Å². The van der Waals surface area contributed by atoms with Gasteiger partial charge < -0.3 is 5.32 Å². The van der Waals surface area contributed by atoms with Crippen molar-refractivity contribution in [3.63, 3.8) is 0 Å². The minimum atomic E-state index is -3.40. The topological polar surface area (TPSA) is 65.5 Å². The molecule has 0 bridgehead atoms. The van der Waals surface area contributed by atoms with Crippen LogP contribution in [-0.4, -0.2) is 55.7 Å². The first kappa shape index (κ1) is 13.4. The molecule has 1 N–H and O–H groups in total. The van der Waals surface area contributed by atoms with Crippen molar-refractivity contribution >= 4 is 10.2 Å². The highest BCUT2D eigenvalue weighted by Crippen LogP contribution is 2.25. The molecule has 1 aliphatic rings. The summed E-state index contributed by atoms with van der Waals surface area (Å²) in [5.41, 5.74) is 0.912. The van der Waals surface area contributed by atoms with Crippen molar-refractivity contribution in [2.75, 3.05) is 33.7 Å². The lowest BCUT2D eigenvalue weighted by molar-refractivity contribution is 0.257. The van der Waals surface area contributed by atoms with Crippen molar-refractivity contribution in [3.8, 4) is 0 Å². The summed E-state index contributed by atoms with van der Waals surface area (Å²) in [5.74, 6) is 0. The first-order valence-corrected chi connectivity index (χ1v) is 7.23. The number of nitrogens with one attached hydrogen (secondary N) is 1. The van der Waals surface area contributed by atoms with E-state index < -0.39 is 10.2 Å². The zero-order valence-electron chi connectivity index (χ0n) is 10.6. The predicted molar refractivity (Wildman–Crippen MR) is 69.2 cm³/mol. The largest absolute Gasteiger partial charge is 0.313 e. The molecule has 2 heterocycles. The van der Waals surface area contributed by atoms with Gasteiger partial charge in [-0.1, -0.05) is 6.07 Å². The van der Waals surface area contributed by atoms with Gasteiger partial charge in [0.05, 0.1) is 6.04 Å². The Kier molecular flexibility index (Phi) is 3.96. The van der Waals surface area contributed by atoms with E-state index in [-0.39, 0.29) is 6.04 Å². The second kappa shape index (κ2) is 5.31. The third kappa shape index (κ3) is 2.54. The summed E-state index contributed by atoms with van der Waals surface area (Å²) in [4.78, 5) is 4.06. The van der Waals surface area contributed by atoms with Crippen LogP contribution in [0, 0.1) is 0 Å². The molecule has 100 valence electrons. The molecule has 0 amide bonds. The summed E-state index contributed by atoms with van der Waals surface area (Å²) >= 11 is 0. The molecule has 7 heteroatoms. The average Bonchev–Trinajstić information content (AvgIpc) is 2.39. The van der Waals surface area contributed by atoms with Gasteiger partial charge in [-0.2, -0.15) is 17.0 Å². The molecule has 18 heavy (non-hydrogen) atoms. The number of nitrogens with zero attached hydrogens (tertiary/aromatic N) is 3. The van der Waals surface area contributed by atoms with Gasteiger partial charge in [-0.05, 0) is 11.6 Å². The molecule has 6 nitrogen and oxygen atoms in total. The van der Waals surface area contributed by atoms with Gasteiger partial charge in [0.1, 0.15) is 0 Å². The Bertz CT molecular complexity index is 489. The van der Waals surface area contributed by atoms with E-state index >= 15 is 0 Å². The Hall–Kier alpha value is -1.02. The van der Waals surface area contributed by atoms with Gasteiger partial charge in [-0.15, -0.1) is 0 Å². The van der Waals surface area contributed by atoms with E-state index in [1.54, 1.807) is 26.5 Å². The third-order valence-electron chi connectivity index (χ3n) is 3.02. The fourth-order valence-electron chi connectivity index (χ4n) is 2.03. The molecular weight excluding hydrogens is 252 g/mol. The van der Waals surface area contributed by atoms with Crippen LogP contribution in [0.1, 0.15) is 11.6 Å². The van der Waals surface area contributed by atoms with Crippen LogP contribution in [-0.2, 0) is 10.2 Å². The van der Waals surface area contributed by atoms with E-state index in [0.717, 1.165) is 5.56 Å². The van der Waals surface area contributed by atoms with Gasteiger partial charge in [-0.3, -0.25) is 4.98 Å². The van der Waals surface area contributed by atoms with Gasteiger partial charge in [-0.25, -0.2) is 0 Å². The van der Waals surface area contributed by atoms with E-state index in [2.05, 4.69) is 10.3 Å². The molecule has 1 aromatic heterocycles. The standard InChI is InChI=1S/C11H18N4O2S/c1-14(2)18(16,17)15-7-6-13-9-11(15)10-4-3-5-12-8-10/h3-5,8,11,13H,6-7,9H2,1-2H3. The highest BCUT2D eigenvalue weighted by Gasteiger charge is 2.34. The third-order valence-corrected chi connectivity index (χ3v) is 4.97. The van der Waals surface area contributed by atoms with Gasteiger partial charge in [0.2, 0.25) is 0 Å². The van der Waals surface area contributed by atoms with Crippen LogP contribution in [0.4, 0.5) is 0 Å². The normalized spacial score (nSPS) is 22.3. The SMILES string of the molecule is CN(C)S(=O)(=O)N1CCNCC1c1cccnc1. The van der Waals surface area contributed by atoms with Crippen LogP contribution in [0.15, 0.2) is 24.5 Å². The van der Waals surface area contributed by atoms with Crippen LogP contribution >= 0.6 is 0 Å². The van der Waals surface area contributed by atoms with Gasteiger partial charge in [0.25, 0.3) is 10.2 Å². The van der Waals surface area contributed by atoms with Gasteiger partial charge in [0.15, 0.2) is 0 Å². The predicted octanol–water partition coefficient (Wildman–Crippen LogP) is -0.166. The van der Waals surface area contributed by atoms with Crippen molar-refractivity contribution in [1.82, 2.24) is 18.9 Å². The van der Waals surface area contributed by atoms with Crippen molar-refractivity contribution in [3.05, 3.63) is 30.1 Å². The Balaban J connectivity index is 2.33. The van der Waals surface area contributed by atoms with Crippen LogP contribution < -0.4 is 5.32 Å². The van der Waals surface area contributed by atoms with Crippen molar-refractivity contribution in [1.29, 1.82) is 0 Å². The molecule has 0 aromatic carbocycles. The maximum atomic E-state index is 12.3. The fourth-order valence-corrected chi connectivity index (χ4v) is 3.29. The van der Waals surface area contributed by atoms with E-state index in [1.165, 1.54) is 8.61 Å². The van der Waals surface area contributed by atoms with Gasteiger partial charge in [0, 0.05) is 46.1 Å². The molecule has 1 fully saturated rings. The van der Waals surface area contributed by atoms with Crippen LogP contribution in [0.5, 0.6) is 0 Å². The fraction of sp³-hybridized carbons (Fsp3) is 0.545. The van der Waals surface area contributed by atoms with Crippen molar-refractivity contribution in [2.24, 2.45) is 0 Å². The summed E-state index contributed by atoms with van der Waals surface area (Å²) in [6, 6.07) is 3.53. The summed E-state index contributed by atoms with van der Waals surface area (Å²) < 4.78 is 27.3. The molecule has 0 aliphatic carbocycles. The summed E-state index contributed by atoms with van der Waals surface area (Å²) in [7, 11) is -0.292. The van der Waals surface area contributed by atoms with E-state index in [4.69, 9.17) is 0 Å². The number of piperazine rings is 1. The van der Waals surface area contributed by atoms with Crippen LogP contribution in [0.25, 0.3) is 0 Å². The highest BCUT2D eigenvalue weighted by molar-refractivity contribution is 7.86. The second-order valence-electron chi connectivity index (χ2n) is 4.41. The summed E-state index contributed by atoms with van der Waals surface area (Å²) in [5, 5.41) is 3.22. The molecule has 0 spiro atoms. The van der Waals surface area contributed by atoms with Crippen molar-refractivity contribution < 1.29 is 8.42 Å². The van der Waals surface area contributed by atoms with E-state index in [9.17, 15) is 8.42 Å². The zero-order chi connectivity index (χ0) is 13.2. The Labute approximate surface area is 108 Å².